The molecule has 2 N–H and O–H groups in total. The van der Waals surface area contributed by atoms with Gasteiger partial charge in [-0.25, -0.2) is 0 Å². The second-order valence-electron chi connectivity index (χ2n) is 2.19. The van der Waals surface area contributed by atoms with Crippen LogP contribution in [0.15, 0.2) is 23.4 Å². The van der Waals surface area contributed by atoms with Gasteiger partial charge in [-0.05, 0) is 13.3 Å². The lowest BCUT2D eigenvalue weighted by Crippen LogP contribution is -2.01. The van der Waals surface area contributed by atoms with Gasteiger partial charge in [-0.15, -0.1) is 0 Å². The summed E-state index contributed by atoms with van der Waals surface area (Å²) >= 11 is 0. The van der Waals surface area contributed by atoms with E-state index >= 15 is 0 Å². The van der Waals surface area contributed by atoms with Crippen LogP contribution in [-0.2, 0) is 0 Å². The van der Waals surface area contributed by atoms with E-state index in [1.807, 2.05) is 0 Å². The maximum atomic E-state index is 5.61. The molecule has 44 valence electrons. The third-order valence-corrected chi connectivity index (χ3v) is 1.48. The molecule has 0 spiro atoms. The van der Waals surface area contributed by atoms with Gasteiger partial charge in [0.25, 0.3) is 0 Å². The van der Waals surface area contributed by atoms with Gasteiger partial charge in [0.15, 0.2) is 0 Å². The van der Waals surface area contributed by atoms with E-state index in [1.165, 1.54) is 5.57 Å². The van der Waals surface area contributed by atoms with E-state index in [-0.39, 0.29) is 0 Å². The molecule has 0 aromatic carbocycles. The van der Waals surface area contributed by atoms with Crippen molar-refractivity contribution in [2.24, 2.45) is 5.73 Å². The summed E-state index contributed by atoms with van der Waals surface area (Å²) in [6, 6.07) is 0. The zero-order valence-electron chi connectivity index (χ0n) is 5.15. The van der Waals surface area contributed by atoms with Crippen molar-refractivity contribution in [3.05, 3.63) is 23.4 Å². The molecule has 1 nitrogen and oxygen atoms in total. The Bertz CT molecular complexity index is 126. The van der Waals surface area contributed by atoms with Crippen molar-refractivity contribution in [3.63, 3.8) is 0 Å². The first-order valence-electron chi connectivity index (χ1n) is 2.90. The van der Waals surface area contributed by atoms with Gasteiger partial charge in [0.05, 0.1) is 0 Å². The van der Waals surface area contributed by atoms with Gasteiger partial charge < -0.3 is 5.73 Å². The fraction of sp³-hybridized carbons (Fsp3) is 0.429. The van der Waals surface area contributed by atoms with Gasteiger partial charge in [-0.2, -0.15) is 0 Å². The maximum absolute atomic E-state index is 5.61. The molecule has 0 unspecified atom stereocenters. The molecule has 1 aliphatic carbocycles. The molecule has 0 fully saturated rings. The quantitative estimate of drug-likeness (QED) is 0.469. The van der Waals surface area contributed by atoms with Crippen LogP contribution >= 0.6 is 0 Å². The molecule has 0 aromatic rings. The summed E-state index contributed by atoms with van der Waals surface area (Å²) in [4.78, 5) is 0. The van der Waals surface area contributed by atoms with Crippen LogP contribution in [-0.4, -0.2) is 0 Å². The van der Waals surface area contributed by atoms with Crippen LogP contribution in [0.1, 0.15) is 19.8 Å². The molecule has 0 saturated heterocycles. The van der Waals surface area contributed by atoms with E-state index in [9.17, 15) is 0 Å². The van der Waals surface area contributed by atoms with Crippen LogP contribution in [0.25, 0.3) is 0 Å². The molecule has 0 atom stereocenters. The number of nitrogens with two attached hydrogens (primary N) is 1. The second-order valence-corrected chi connectivity index (χ2v) is 2.19. The second kappa shape index (κ2) is 2.03. The van der Waals surface area contributed by atoms with Gasteiger partial charge in [0.1, 0.15) is 0 Å². The lowest BCUT2D eigenvalue weighted by Gasteiger charge is -2.06. The van der Waals surface area contributed by atoms with Crippen LogP contribution in [0.5, 0.6) is 0 Å². The van der Waals surface area contributed by atoms with Crippen LogP contribution in [0.3, 0.4) is 0 Å². The van der Waals surface area contributed by atoms with Crippen molar-refractivity contribution in [1.29, 1.82) is 0 Å². The maximum Gasteiger partial charge on any atom is 0.0111 e. The number of rotatable bonds is 0. The fourth-order valence-corrected chi connectivity index (χ4v) is 0.776. The van der Waals surface area contributed by atoms with E-state index in [0.717, 1.165) is 18.5 Å². The Hall–Kier alpha value is -0.720. The highest BCUT2D eigenvalue weighted by Gasteiger charge is 1.97. The summed E-state index contributed by atoms with van der Waals surface area (Å²) in [6.07, 6.45) is 6.27. The van der Waals surface area contributed by atoms with Gasteiger partial charge in [0, 0.05) is 12.1 Å². The summed E-state index contributed by atoms with van der Waals surface area (Å²) in [5.41, 5.74) is 7.98. The molecule has 0 radical (unpaired) electrons. The monoisotopic (exact) mass is 109 g/mol. The molecule has 1 rings (SSSR count). The third-order valence-electron chi connectivity index (χ3n) is 1.48. The smallest absolute Gasteiger partial charge is 0.0111 e. The zero-order valence-corrected chi connectivity index (χ0v) is 5.15. The average molecular weight is 109 g/mol. The van der Waals surface area contributed by atoms with Gasteiger partial charge in [-0.1, -0.05) is 17.7 Å². The van der Waals surface area contributed by atoms with Gasteiger partial charge >= 0.3 is 0 Å². The molecule has 0 bridgehead atoms. The average Bonchev–Trinajstić information content (AvgIpc) is 1.77. The van der Waals surface area contributed by atoms with Crippen LogP contribution in [0.4, 0.5) is 0 Å². The Morgan fingerprint density at radius 2 is 2.00 bits per heavy atom. The van der Waals surface area contributed by atoms with Crippen molar-refractivity contribution in [1.82, 2.24) is 0 Å². The molecule has 8 heavy (non-hydrogen) atoms. The lowest BCUT2D eigenvalue weighted by atomic mass is 10.1. The van der Waals surface area contributed by atoms with E-state index in [1.54, 1.807) is 0 Å². The third kappa shape index (κ3) is 0.915. The van der Waals surface area contributed by atoms with Crippen LogP contribution < -0.4 is 5.73 Å². The largest absolute Gasteiger partial charge is 0.402 e. The van der Waals surface area contributed by atoms with E-state index < -0.39 is 0 Å². The van der Waals surface area contributed by atoms with Crippen molar-refractivity contribution in [2.75, 3.05) is 0 Å². The number of hydrogen-bond acceptors (Lipinski definition) is 1. The summed E-state index contributed by atoms with van der Waals surface area (Å²) in [5, 5.41) is 0. The first kappa shape index (κ1) is 5.42. The lowest BCUT2D eigenvalue weighted by molar-refractivity contribution is 1.01. The van der Waals surface area contributed by atoms with Crippen LogP contribution in [0.2, 0.25) is 0 Å². The van der Waals surface area contributed by atoms with Crippen LogP contribution in [0, 0.1) is 0 Å². The number of allylic oxidation sites excluding steroid dienone is 3. The molecule has 1 aliphatic rings. The molecule has 0 aromatic heterocycles. The van der Waals surface area contributed by atoms with E-state index in [4.69, 9.17) is 5.73 Å². The predicted octanol–water partition coefficient (Wildman–Crippen LogP) is 1.57. The van der Waals surface area contributed by atoms with Crippen molar-refractivity contribution in [2.45, 2.75) is 19.8 Å². The molecule has 0 saturated carbocycles. The first-order chi connectivity index (χ1) is 3.80. The molecule has 1 heteroatoms. The van der Waals surface area contributed by atoms with E-state index in [0.29, 0.717) is 0 Å². The Morgan fingerprint density at radius 1 is 1.38 bits per heavy atom. The van der Waals surface area contributed by atoms with Gasteiger partial charge in [-0.3, -0.25) is 0 Å². The fourth-order valence-electron chi connectivity index (χ4n) is 0.776. The van der Waals surface area contributed by atoms with Crippen molar-refractivity contribution in [3.8, 4) is 0 Å². The molecule has 0 amide bonds. The van der Waals surface area contributed by atoms with Crippen molar-refractivity contribution >= 4 is 0 Å². The van der Waals surface area contributed by atoms with Gasteiger partial charge in [0.2, 0.25) is 0 Å². The minimum atomic E-state index is 0.950. The number of hydrogen-bond donors (Lipinski definition) is 1. The van der Waals surface area contributed by atoms with E-state index in [2.05, 4.69) is 19.1 Å². The summed E-state index contributed by atoms with van der Waals surface area (Å²) in [5.74, 6) is 0. The Balaban J connectivity index is 2.67. The van der Waals surface area contributed by atoms with Crippen molar-refractivity contribution < 1.29 is 0 Å². The molecule has 0 aliphatic heterocycles. The normalized spacial score (nSPS) is 19.6. The topological polar surface area (TPSA) is 26.0 Å². The zero-order chi connectivity index (χ0) is 5.98. The standard InChI is InChI=1S/C7H11N/c1-6-4-2-3-5-7(6)8/h2-3H,4-5,8H2,1H3. The molecular formula is C7H11N. The SMILES string of the molecule is CC1=C(N)CC=CC1. The summed E-state index contributed by atoms with van der Waals surface area (Å²) < 4.78 is 0. The summed E-state index contributed by atoms with van der Waals surface area (Å²) in [6.45, 7) is 2.08. The highest BCUT2D eigenvalue weighted by atomic mass is 14.6. The Labute approximate surface area is 49.9 Å². The highest BCUT2D eigenvalue weighted by Crippen LogP contribution is 2.13. The Kier molecular flexibility index (Phi) is 1.38. The molecular weight excluding hydrogens is 98.1 g/mol. The highest BCUT2D eigenvalue weighted by molar-refractivity contribution is 5.19. The summed E-state index contributed by atoms with van der Waals surface area (Å²) in [7, 11) is 0. The first-order valence-corrected chi connectivity index (χ1v) is 2.90. The predicted molar refractivity (Wildman–Crippen MR) is 35.3 cm³/mol. The minimum Gasteiger partial charge on any atom is -0.402 e. The molecule has 0 heterocycles. The Morgan fingerprint density at radius 3 is 2.38 bits per heavy atom. The minimum absolute atomic E-state index is 0.950.